The Balaban J connectivity index is 3.32. The van der Waals surface area contributed by atoms with E-state index in [1.165, 1.54) is 38.5 Å². The smallest absolute Gasteiger partial charge is 0.209 e. The minimum atomic E-state index is -3.29. The maximum Gasteiger partial charge on any atom is 0.209 e. The van der Waals surface area contributed by atoms with E-state index in [1.54, 1.807) is 0 Å². The number of hydrogen-bond acceptors (Lipinski definition) is 3. The molecule has 0 aromatic heterocycles. The molecule has 0 aromatic rings. The first kappa shape index (κ1) is 16.9. The summed E-state index contributed by atoms with van der Waals surface area (Å²) in [6.45, 7) is 5.10. The molecule has 104 valence electrons. The maximum atomic E-state index is 10.7. The number of sulfonamides is 1. The number of unbranched alkanes of at least 4 members (excludes halogenated alkanes) is 4. The van der Waals surface area contributed by atoms with E-state index in [4.69, 9.17) is 5.14 Å². The lowest BCUT2D eigenvalue weighted by atomic mass is 10.1. The van der Waals surface area contributed by atoms with Crippen LogP contribution in [0.5, 0.6) is 0 Å². The van der Waals surface area contributed by atoms with Gasteiger partial charge in [0, 0.05) is 6.04 Å². The molecule has 0 aromatic carbocycles. The van der Waals surface area contributed by atoms with E-state index in [0.717, 1.165) is 6.54 Å². The first-order chi connectivity index (χ1) is 7.95. The molecule has 0 rings (SSSR count). The summed E-state index contributed by atoms with van der Waals surface area (Å²) in [5.41, 5.74) is 0. The van der Waals surface area contributed by atoms with E-state index in [9.17, 15) is 8.42 Å². The molecule has 0 aliphatic heterocycles. The van der Waals surface area contributed by atoms with Crippen molar-refractivity contribution >= 4 is 10.0 Å². The molecule has 0 heterocycles. The average Bonchev–Trinajstić information content (AvgIpc) is 2.23. The SMILES string of the molecule is CCCCCCCC(C)NCCCS(N)(=O)=O. The average molecular weight is 264 g/mol. The molecule has 0 amide bonds. The summed E-state index contributed by atoms with van der Waals surface area (Å²) in [4.78, 5) is 0. The molecule has 0 aliphatic rings. The van der Waals surface area contributed by atoms with Gasteiger partial charge in [-0.3, -0.25) is 0 Å². The predicted octanol–water partition coefficient (Wildman–Crippen LogP) is 2.00. The highest BCUT2D eigenvalue weighted by Gasteiger charge is 2.04. The van der Waals surface area contributed by atoms with Crippen LogP contribution < -0.4 is 10.5 Å². The van der Waals surface area contributed by atoms with Gasteiger partial charge in [-0.25, -0.2) is 13.6 Å². The minimum absolute atomic E-state index is 0.0726. The Hall–Kier alpha value is -0.130. The molecule has 0 saturated heterocycles. The zero-order valence-corrected chi connectivity index (χ0v) is 12.1. The molecule has 0 bridgehead atoms. The van der Waals surface area contributed by atoms with E-state index in [0.29, 0.717) is 12.5 Å². The molecular weight excluding hydrogens is 236 g/mol. The van der Waals surface area contributed by atoms with Gasteiger partial charge in [-0.2, -0.15) is 0 Å². The van der Waals surface area contributed by atoms with Crippen molar-refractivity contribution in [1.29, 1.82) is 0 Å². The summed E-state index contributed by atoms with van der Waals surface area (Å²) in [5.74, 6) is 0.0726. The maximum absolute atomic E-state index is 10.7. The van der Waals surface area contributed by atoms with Crippen LogP contribution in [-0.2, 0) is 10.0 Å². The van der Waals surface area contributed by atoms with Crippen LogP contribution in [0.25, 0.3) is 0 Å². The molecule has 17 heavy (non-hydrogen) atoms. The second kappa shape index (κ2) is 9.85. The Morgan fingerprint density at radius 3 is 2.35 bits per heavy atom. The van der Waals surface area contributed by atoms with Crippen molar-refractivity contribution in [3.8, 4) is 0 Å². The van der Waals surface area contributed by atoms with Gasteiger partial charge in [-0.1, -0.05) is 39.0 Å². The Morgan fingerprint density at radius 2 is 1.76 bits per heavy atom. The second-order valence-electron chi connectivity index (χ2n) is 4.78. The summed E-state index contributed by atoms with van der Waals surface area (Å²) in [6.07, 6.45) is 8.25. The first-order valence-corrected chi connectivity index (χ1v) is 8.41. The summed E-state index contributed by atoms with van der Waals surface area (Å²) < 4.78 is 21.4. The summed E-state index contributed by atoms with van der Waals surface area (Å²) in [6, 6.07) is 0.470. The van der Waals surface area contributed by atoms with Crippen LogP contribution in [0.4, 0.5) is 0 Å². The van der Waals surface area contributed by atoms with Crippen molar-refractivity contribution in [2.45, 2.75) is 64.8 Å². The van der Waals surface area contributed by atoms with Crippen molar-refractivity contribution in [2.24, 2.45) is 5.14 Å². The molecule has 5 heteroatoms. The number of nitrogens with two attached hydrogens (primary N) is 1. The third kappa shape index (κ3) is 13.8. The van der Waals surface area contributed by atoms with Gasteiger partial charge in [0.25, 0.3) is 0 Å². The number of hydrogen-bond donors (Lipinski definition) is 2. The van der Waals surface area contributed by atoms with Crippen LogP contribution in [-0.4, -0.2) is 26.8 Å². The first-order valence-electron chi connectivity index (χ1n) is 6.69. The molecule has 0 aliphatic carbocycles. The van der Waals surface area contributed by atoms with Gasteiger partial charge in [0.05, 0.1) is 5.75 Å². The van der Waals surface area contributed by atoms with Crippen LogP contribution in [0.15, 0.2) is 0 Å². The highest BCUT2D eigenvalue weighted by molar-refractivity contribution is 7.89. The zero-order chi connectivity index (χ0) is 13.1. The largest absolute Gasteiger partial charge is 0.314 e. The molecule has 0 spiro atoms. The fraction of sp³-hybridized carbons (Fsp3) is 1.00. The third-order valence-electron chi connectivity index (χ3n) is 2.84. The fourth-order valence-corrected chi connectivity index (χ4v) is 2.32. The molecule has 0 saturated carbocycles. The highest BCUT2D eigenvalue weighted by Crippen LogP contribution is 2.06. The third-order valence-corrected chi connectivity index (χ3v) is 3.70. The van der Waals surface area contributed by atoms with Crippen LogP contribution >= 0.6 is 0 Å². The standard InChI is InChI=1S/C12H28N2O2S/c1-3-4-5-6-7-9-12(2)14-10-8-11-17(13,15)16/h12,14H,3-11H2,1-2H3,(H2,13,15,16). The van der Waals surface area contributed by atoms with E-state index >= 15 is 0 Å². The van der Waals surface area contributed by atoms with E-state index in [1.807, 2.05) is 0 Å². The predicted molar refractivity (Wildman–Crippen MR) is 73.4 cm³/mol. The summed E-state index contributed by atoms with van der Waals surface area (Å²) in [5, 5.41) is 8.25. The number of nitrogens with one attached hydrogen (secondary N) is 1. The van der Waals surface area contributed by atoms with Crippen molar-refractivity contribution in [3.05, 3.63) is 0 Å². The Bertz CT molecular complexity index is 266. The normalized spacial score (nSPS) is 13.8. The van der Waals surface area contributed by atoms with Crippen molar-refractivity contribution in [3.63, 3.8) is 0 Å². The van der Waals surface area contributed by atoms with Crippen molar-refractivity contribution in [2.75, 3.05) is 12.3 Å². The van der Waals surface area contributed by atoms with Crippen LogP contribution in [0, 0.1) is 0 Å². The molecular formula is C12H28N2O2S. The van der Waals surface area contributed by atoms with Gasteiger partial charge in [-0.05, 0) is 26.3 Å². The summed E-state index contributed by atoms with van der Waals surface area (Å²) >= 11 is 0. The van der Waals surface area contributed by atoms with Crippen LogP contribution in [0.2, 0.25) is 0 Å². The van der Waals surface area contributed by atoms with Crippen LogP contribution in [0.1, 0.15) is 58.8 Å². The minimum Gasteiger partial charge on any atom is -0.314 e. The van der Waals surface area contributed by atoms with Gasteiger partial charge in [0.15, 0.2) is 0 Å². The van der Waals surface area contributed by atoms with E-state index in [2.05, 4.69) is 19.2 Å². The molecule has 3 N–H and O–H groups in total. The van der Waals surface area contributed by atoms with Crippen molar-refractivity contribution in [1.82, 2.24) is 5.32 Å². The monoisotopic (exact) mass is 264 g/mol. The van der Waals surface area contributed by atoms with Gasteiger partial charge in [0.2, 0.25) is 10.0 Å². The van der Waals surface area contributed by atoms with E-state index in [-0.39, 0.29) is 5.75 Å². The van der Waals surface area contributed by atoms with Crippen LogP contribution in [0.3, 0.4) is 0 Å². The lowest BCUT2D eigenvalue weighted by Gasteiger charge is -2.13. The molecule has 0 radical (unpaired) electrons. The van der Waals surface area contributed by atoms with E-state index < -0.39 is 10.0 Å². The number of rotatable bonds is 11. The van der Waals surface area contributed by atoms with Gasteiger partial charge < -0.3 is 5.32 Å². The number of primary sulfonamides is 1. The fourth-order valence-electron chi connectivity index (χ4n) is 1.78. The van der Waals surface area contributed by atoms with Crippen molar-refractivity contribution < 1.29 is 8.42 Å². The lowest BCUT2D eigenvalue weighted by Crippen LogP contribution is -2.29. The molecule has 4 nitrogen and oxygen atoms in total. The Labute approximate surface area is 106 Å². The summed E-state index contributed by atoms with van der Waals surface area (Å²) in [7, 11) is -3.29. The van der Waals surface area contributed by atoms with Gasteiger partial charge >= 0.3 is 0 Å². The Kier molecular flexibility index (Phi) is 9.78. The quantitative estimate of drug-likeness (QED) is 0.561. The Morgan fingerprint density at radius 1 is 1.12 bits per heavy atom. The highest BCUT2D eigenvalue weighted by atomic mass is 32.2. The molecule has 1 atom stereocenters. The topological polar surface area (TPSA) is 72.2 Å². The zero-order valence-electron chi connectivity index (χ0n) is 11.2. The molecule has 1 unspecified atom stereocenters. The lowest BCUT2D eigenvalue weighted by molar-refractivity contribution is 0.480. The van der Waals surface area contributed by atoms with Gasteiger partial charge in [-0.15, -0.1) is 0 Å². The molecule has 0 fully saturated rings. The van der Waals surface area contributed by atoms with Gasteiger partial charge in [0.1, 0.15) is 0 Å². The second-order valence-corrected chi connectivity index (χ2v) is 6.51.